The fourth-order valence-corrected chi connectivity index (χ4v) is 2.26. The molecule has 0 aromatic carbocycles. The second-order valence-corrected chi connectivity index (χ2v) is 4.33. The SMILES string of the molecule is CCCC1CCN(S(=O)[O-])CC1. The van der Waals surface area contributed by atoms with Gasteiger partial charge < -0.3 is 4.55 Å². The molecule has 0 saturated carbocycles. The van der Waals surface area contributed by atoms with Gasteiger partial charge in [0.2, 0.25) is 0 Å². The van der Waals surface area contributed by atoms with Gasteiger partial charge in [-0.3, -0.25) is 4.21 Å². The van der Waals surface area contributed by atoms with Gasteiger partial charge in [0.15, 0.2) is 0 Å². The molecule has 1 fully saturated rings. The maximum atomic E-state index is 10.5. The fraction of sp³-hybridized carbons (Fsp3) is 1.00. The van der Waals surface area contributed by atoms with Crippen LogP contribution in [0.5, 0.6) is 0 Å². The molecule has 0 aromatic rings. The zero-order chi connectivity index (χ0) is 8.97. The van der Waals surface area contributed by atoms with Gasteiger partial charge in [0, 0.05) is 24.4 Å². The molecule has 1 aliphatic heterocycles. The average Bonchev–Trinajstić information content (AvgIpc) is 2.06. The maximum Gasteiger partial charge on any atom is 0.0209 e. The minimum Gasteiger partial charge on any atom is -0.760 e. The molecule has 0 bridgehead atoms. The van der Waals surface area contributed by atoms with Crippen LogP contribution < -0.4 is 0 Å². The lowest BCUT2D eigenvalue weighted by Crippen LogP contribution is -2.34. The van der Waals surface area contributed by atoms with E-state index in [9.17, 15) is 8.76 Å². The van der Waals surface area contributed by atoms with E-state index in [2.05, 4.69) is 6.92 Å². The van der Waals surface area contributed by atoms with Crippen molar-refractivity contribution < 1.29 is 8.76 Å². The molecule has 1 rings (SSSR count). The molecular weight excluding hydrogens is 174 g/mol. The molecule has 0 aromatic heterocycles. The van der Waals surface area contributed by atoms with Crippen LogP contribution in [-0.4, -0.2) is 26.2 Å². The molecule has 1 aliphatic rings. The third kappa shape index (κ3) is 2.84. The summed E-state index contributed by atoms with van der Waals surface area (Å²) in [6, 6.07) is 0. The third-order valence-electron chi connectivity index (χ3n) is 2.48. The van der Waals surface area contributed by atoms with E-state index in [1.165, 1.54) is 17.1 Å². The quantitative estimate of drug-likeness (QED) is 0.629. The Kier molecular flexibility index (Phi) is 4.18. The van der Waals surface area contributed by atoms with Crippen molar-refractivity contribution in [3.63, 3.8) is 0 Å². The minimum atomic E-state index is -1.99. The first-order chi connectivity index (χ1) is 5.74. The third-order valence-corrected chi connectivity index (χ3v) is 3.27. The molecule has 4 heteroatoms. The Labute approximate surface area is 76.6 Å². The second kappa shape index (κ2) is 4.94. The molecule has 0 radical (unpaired) electrons. The topological polar surface area (TPSA) is 43.4 Å². The van der Waals surface area contributed by atoms with Gasteiger partial charge in [-0.25, -0.2) is 4.31 Å². The molecule has 1 atom stereocenters. The van der Waals surface area contributed by atoms with Gasteiger partial charge in [-0.1, -0.05) is 19.8 Å². The molecule has 0 spiro atoms. The molecule has 72 valence electrons. The van der Waals surface area contributed by atoms with Crippen molar-refractivity contribution in [1.82, 2.24) is 4.31 Å². The van der Waals surface area contributed by atoms with Crippen LogP contribution in [0, 0.1) is 5.92 Å². The van der Waals surface area contributed by atoms with Crippen LogP contribution in [0.2, 0.25) is 0 Å². The van der Waals surface area contributed by atoms with Crippen LogP contribution in [0.15, 0.2) is 0 Å². The highest BCUT2D eigenvalue weighted by Gasteiger charge is 2.18. The lowest BCUT2D eigenvalue weighted by molar-refractivity contribution is 0.257. The first-order valence-corrected chi connectivity index (χ1v) is 5.61. The van der Waals surface area contributed by atoms with Crippen molar-refractivity contribution in [1.29, 1.82) is 0 Å². The number of hydrogen-bond acceptors (Lipinski definition) is 2. The number of hydrogen-bond donors (Lipinski definition) is 0. The van der Waals surface area contributed by atoms with Gasteiger partial charge in [-0.15, -0.1) is 0 Å². The summed E-state index contributed by atoms with van der Waals surface area (Å²) < 4.78 is 22.6. The van der Waals surface area contributed by atoms with Crippen LogP contribution in [0.4, 0.5) is 0 Å². The highest BCUT2D eigenvalue weighted by atomic mass is 32.2. The summed E-state index contributed by atoms with van der Waals surface area (Å²) in [5.74, 6) is 0.759. The van der Waals surface area contributed by atoms with E-state index in [0.29, 0.717) is 0 Å². The minimum absolute atomic E-state index is 0.723. The van der Waals surface area contributed by atoms with Crippen molar-refractivity contribution >= 4 is 11.3 Å². The van der Waals surface area contributed by atoms with Crippen molar-refractivity contribution in [2.75, 3.05) is 13.1 Å². The van der Waals surface area contributed by atoms with Crippen LogP contribution in [0.1, 0.15) is 32.6 Å². The molecule has 0 N–H and O–H groups in total. The maximum absolute atomic E-state index is 10.5. The average molecular weight is 190 g/mol. The van der Waals surface area contributed by atoms with Crippen molar-refractivity contribution in [2.24, 2.45) is 5.92 Å². The van der Waals surface area contributed by atoms with E-state index < -0.39 is 11.3 Å². The fourth-order valence-electron chi connectivity index (χ4n) is 1.76. The smallest absolute Gasteiger partial charge is 0.0209 e. The summed E-state index contributed by atoms with van der Waals surface area (Å²) in [7, 11) is 0. The summed E-state index contributed by atoms with van der Waals surface area (Å²) in [6.07, 6.45) is 4.55. The summed E-state index contributed by atoms with van der Waals surface area (Å²) >= 11 is -1.99. The predicted molar refractivity (Wildman–Crippen MR) is 48.1 cm³/mol. The van der Waals surface area contributed by atoms with Crippen LogP contribution in [-0.2, 0) is 11.3 Å². The Morgan fingerprint density at radius 1 is 1.50 bits per heavy atom. The van der Waals surface area contributed by atoms with Gasteiger partial charge in [-0.2, -0.15) is 0 Å². The summed E-state index contributed by atoms with van der Waals surface area (Å²) in [5.41, 5.74) is 0. The summed E-state index contributed by atoms with van der Waals surface area (Å²) in [6.45, 7) is 3.62. The number of nitrogens with zero attached hydrogens (tertiary/aromatic N) is 1. The van der Waals surface area contributed by atoms with Crippen molar-refractivity contribution in [3.8, 4) is 0 Å². The Hall–Kier alpha value is 0.0700. The van der Waals surface area contributed by atoms with Crippen LogP contribution >= 0.6 is 0 Å². The van der Waals surface area contributed by atoms with E-state index in [-0.39, 0.29) is 0 Å². The first-order valence-electron chi connectivity index (χ1n) is 4.58. The lowest BCUT2D eigenvalue weighted by atomic mass is 9.94. The Balaban J connectivity index is 2.25. The zero-order valence-corrected chi connectivity index (χ0v) is 8.31. The molecule has 12 heavy (non-hydrogen) atoms. The Bertz CT molecular complexity index is 155. The van der Waals surface area contributed by atoms with E-state index in [1.54, 1.807) is 0 Å². The number of rotatable bonds is 3. The molecule has 3 nitrogen and oxygen atoms in total. The van der Waals surface area contributed by atoms with E-state index in [1.807, 2.05) is 0 Å². The van der Waals surface area contributed by atoms with Gasteiger partial charge in [0.05, 0.1) is 0 Å². The van der Waals surface area contributed by atoms with E-state index >= 15 is 0 Å². The predicted octanol–water partition coefficient (Wildman–Crippen LogP) is 1.29. The van der Waals surface area contributed by atoms with Gasteiger partial charge >= 0.3 is 0 Å². The van der Waals surface area contributed by atoms with Gasteiger partial charge in [0.1, 0.15) is 0 Å². The molecule has 0 amide bonds. The van der Waals surface area contributed by atoms with Gasteiger partial charge in [0.25, 0.3) is 0 Å². The van der Waals surface area contributed by atoms with Crippen molar-refractivity contribution in [2.45, 2.75) is 32.6 Å². The number of piperidine rings is 1. The molecule has 0 aliphatic carbocycles. The normalized spacial score (nSPS) is 24.2. The van der Waals surface area contributed by atoms with Crippen LogP contribution in [0.3, 0.4) is 0 Å². The standard InChI is InChI=1S/C8H17NO2S/c1-2-3-8-4-6-9(7-5-8)12(10)11/h8H,2-7H2,1H3,(H,10,11)/p-1. The summed E-state index contributed by atoms with van der Waals surface area (Å²) in [5, 5.41) is 0. The monoisotopic (exact) mass is 190 g/mol. The first kappa shape index (κ1) is 10.2. The zero-order valence-electron chi connectivity index (χ0n) is 7.49. The highest BCUT2D eigenvalue weighted by molar-refractivity contribution is 7.76. The van der Waals surface area contributed by atoms with Crippen molar-refractivity contribution in [3.05, 3.63) is 0 Å². The Morgan fingerprint density at radius 3 is 2.50 bits per heavy atom. The summed E-state index contributed by atoms with van der Waals surface area (Å²) in [4.78, 5) is 0. The largest absolute Gasteiger partial charge is 0.760 e. The molecule has 1 saturated heterocycles. The molecule has 1 heterocycles. The molecular formula is C8H16NO2S-. The second-order valence-electron chi connectivity index (χ2n) is 3.38. The Morgan fingerprint density at radius 2 is 2.08 bits per heavy atom. The van der Waals surface area contributed by atoms with E-state index in [0.717, 1.165) is 31.8 Å². The lowest BCUT2D eigenvalue weighted by Gasteiger charge is -2.32. The van der Waals surface area contributed by atoms with Crippen LogP contribution in [0.25, 0.3) is 0 Å². The highest BCUT2D eigenvalue weighted by Crippen LogP contribution is 2.21. The van der Waals surface area contributed by atoms with E-state index in [4.69, 9.17) is 0 Å². The van der Waals surface area contributed by atoms with Gasteiger partial charge in [-0.05, 0) is 18.8 Å². The molecule has 1 unspecified atom stereocenters.